The molecule has 0 saturated carbocycles. The van der Waals surface area contributed by atoms with Gasteiger partial charge in [-0.3, -0.25) is 14.0 Å². The van der Waals surface area contributed by atoms with Crippen LogP contribution in [-0.4, -0.2) is 56.3 Å². The van der Waals surface area contributed by atoms with Crippen LogP contribution in [-0.2, 0) is 16.0 Å². The van der Waals surface area contributed by atoms with Crippen molar-refractivity contribution in [1.29, 1.82) is 0 Å². The summed E-state index contributed by atoms with van der Waals surface area (Å²) in [5.41, 5.74) is 10.1. The van der Waals surface area contributed by atoms with Crippen LogP contribution in [0.15, 0.2) is 67.1 Å². The topological polar surface area (TPSA) is 128 Å². The molecule has 1 aliphatic rings. The number of anilines is 2. The zero-order valence-corrected chi connectivity index (χ0v) is 23.4. The SMILES string of the molecule is CCCc1ccnc(NC(=O)c2ccc(-c3nc([C@@H]4CCCCN4C(=O)C=CCOC)n4ccnc(N)c34)cc2)c1. The van der Waals surface area contributed by atoms with Gasteiger partial charge in [-0.05, 0) is 55.5 Å². The number of aryl methyl sites for hydroxylation is 1. The number of ether oxygens (including phenoxy) is 1. The molecule has 0 unspecified atom stereocenters. The molecule has 4 aromatic rings. The van der Waals surface area contributed by atoms with Gasteiger partial charge in [0.2, 0.25) is 5.91 Å². The van der Waals surface area contributed by atoms with E-state index in [0.717, 1.165) is 49.1 Å². The van der Waals surface area contributed by atoms with Crippen molar-refractivity contribution in [2.75, 3.05) is 31.3 Å². The Kier molecular flexibility index (Phi) is 8.69. The Morgan fingerprint density at radius 3 is 2.76 bits per heavy atom. The highest BCUT2D eigenvalue weighted by Crippen LogP contribution is 2.36. The summed E-state index contributed by atoms with van der Waals surface area (Å²) in [6.07, 6.45) is 13.1. The average molecular weight is 554 g/mol. The molecule has 1 aromatic carbocycles. The summed E-state index contributed by atoms with van der Waals surface area (Å²) in [6.45, 7) is 3.13. The number of methoxy groups -OCH3 is 1. The number of carbonyl (C=O) groups excluding carboxylic acids is 2. The molecule has 1 fully saturated rings. The van der Waals surface area contributed by atoms with Gasteiger partial charge in [-0.1, -0.05) is 31.6 Å². The van der Waals surface area contributed by atoms with Crippen LogP contribution in [0.3, 0.4) is 0 Å². The predicted octanol–water partition coefficient (Wildman–Crippen LogP) is 4.83. The van der Waals surface area contributed by atoms with Crippen LogP contribution >= 0.6 is 0 Å². The second-order valence-electron chi connectivity index (χ2n) is 10.1. The maximum absolute atomic E-state index is 13.1. The number of nitrogens with zero attached hydrogens (tertiary/aromatic N) is 5. The highest BCUT2D eigenvalue weighted by atomic mass is 16.5. The minimum Gasteiger partial charge on any atom is -0.382 e. The number of piperidine rings is 1. The van der Waals surface area contributed by atoms with E-state index in [1.807, 2.05) is 39.8 Å². The zero-order valence-electron chi connectivity index (χ0n) is 23.4. The molecule has 41 heavy (non-hydrogen) atoms. The van der Waals surface area contributed by atoms with Crippen molar-refractivity contribution in [2.45, 2.75) is 45.1 Å². The number of nitrogens with one attached hydrogen (secondary N) is 1. The molecule has 212 valence electrons. The first kappa shape index (κ1) is 28.0. The molecule has 0 radical (unpaired) electrons. The first-order chi connectivity index (χ1) is 20.0. The lowest BCUT2D eigenvalue weighted by atomic mass is 10.0. The van der Waals surface area contributed by atoms with Crippen LogP contribution in [0.2, 0.25) is 0 Å². The highest BCUT2D eigenvalue weighted by molar-refractivity contribution is 6.04. The maximum atomic E-state index is 13.1. The molecule has 4 heterocycles. The number of amides is 2. The van der Waals surface area contributed by atoms with Crippen molar-refractivity contribution in [3.8, 4) is 11.3 Å². The molecule has 10 heteroatoms. The monoisotopic (exact) mass is 553 g/mol. The minimum atomic E-state index is -0.243. The first-order valence-electron chi connectivity index (χ1n) is 14.0. The summed E-state index contributed by atoms with van der Waals surface area (Å²) in [5, 5.41) is 2.89. The van der Waals surface area contributed by atoms with E-state index in [4.69, 9.17) is 15.5 Å². The third-order valence-electron chi connectivity index (χ3n) is 7.24. The quantitative estimate of drug-likeness (QED) is 0.284. The van der Waals surface area contributed by atoms with Gasteiger partial charge < -0.3 is 20.7 Å². The number of rotatable bonds is 9. The van der Waals surface area contributed by atoms with Gasteiger partial charge in [-0.15, -0.1) is 0 Å². The number of hydrogen-bond acceptors (Lipinski definition) is 7. The van der Waals surface area contributed by atoms with E-state index < -0.39 is 0 Å². The number of pyridine rings is 1. The van der Waals surface area contributed by atoms with Crippen LogP contribution in [0, 0.1) is 0 Å². The molecule has 0 bridgehead atoms. The van der Waals surface area contributed by atoms with E-state index >= 15 is 0 Å². The Hall–Kier alpha value is -4.57. The average Bonchev–Trinajstić information content (AvgIpc) is 3.38. The molecule has 0 spiro atoms. The summed E-state index contributed by atoms with van der Waals surface area (Å²) in [7, 11) is 1.59. The van der Waals surface area contributed by atoms with Crippen molar-refractivity contribution in [1.82, 2.24) is 24.3 Å². The van der Waals surface area contributed by atoms with E-state index in [2.05, 4.69) is 22.2 Å². The van der Waals surface area contributed by atoms with Gasteiger partial charge >= 0.3 is 0 Å². The number of fused-ring (bicyclic) bond motifs is 1. The van der Waals surface area contributed by atoms with Gasteiger partial charge in [0, 0.05) is 49.4 Å². The smallest absolute Gasteiger partial charge is 0.256 e. The van der Waals surface area contributed by atoms with Crippen molar-refractivity contribution < 1.29 is 14.3 Å². The molecule has 5 rings (SSSR count). The maximum Gasteiger partial charge on any atom is 0.256 e. The number of carbonyl (C=O) groups is 2. The van der Waals surface area contributed by atoms with Crippen LogP contribution < -0.4 is 11.1 Å². The molecule has 3 N–H and O–H groups in total. The van der Waals surface area contributed by atoms with E-state index in [9.17, 15) is 9.59 Å². The summed E-state index contributed by atoms with van der Waals surface area (Å²) in [4.78, 5) is 41.5. The summed E-state index contributed by atoms with van der Waals surface area (Å²) in [5.74, 6) is 1.29. The third kappa shape index (κ3) is 6.12. The van der Waals surface area contributed by atoms with Gasteiger partial charge in [0.25, 0.3) is 5.91 Å². The second kappa shape index (κ2) is 12.7. The number of benzene rings is 1. The van der Waals surface area contributed by atoms with Gasteiger partial charge in [-0.25, -0.2) is 15.0 Å². The van der Waals surface area contributed by atoms with E-state index in [1.165, 1.54) is 0 Å². The lowest BCUT2D eigenvalue weighted by molar-refractivity contribution is -0.130. The first-order valence-corrected chi connectivity index (χ1v) is 14.0. The van der Waals surface area contributed by atoms with Crippen LogP contribution in [0.5, 0.6) is 0 Å². The number of imidazole rings is 1. The van der Waals surface area contributed by atoms with E-state index in [1.54, 1.807) is 43.8 Å². The van der Waals surface area contributed by atoms with Crippen molar-refractivity contribution in [3.63, 3.8) is 0 Å². The molecule has 2 amide bonds. The second-order valence-corrected chi connectivity index (χ2v) is 10.1. The summed E-state index contributed by atoms with van der Waals surface area (Å²) < 4.78 is 6.99. The van der Waals surface area contributed by atoms with Gasteiger partial charge in [0.15, 0.2) is 0 Å². The standard InChI is InChI=1S/C31H35N7O3/c1-3-7-21-14-15-33-25(20-21)35-31(40)23-12-10-22(11-13-23)27-28-29(32)34-16-18-38(28)30(36-27)24-8-4-5-17-37(24)26(39)9-6-19-41-2/h6,9-16,18,20,24H,3-5,7-8,17,19H2,1-2H3,(H2,32,34)(H,33,35,40)/t24-/m0/s1. The Balaban J connectivity index is 1.44. The largest absolute Gasteiger partial charge is 0.382 e. The van der Waals surface area contributed by atoms with Gasteiger partial charge in [0.05, 0.1) is 12.6 Å². The summed E-state index contributed by atoms with van der Waals surface area (Å²) in [6, 6.07) is 10.9. The minimum absolute atomic E-state index is 0.0721. The molecule has 1 aliphatic heterocycles. The lowest BCUT2D eigenvalue weighted by Crippen LogP contribution is -2.38. The normalized spacial score (nSPS) is 15.5. The summed E-state index contributed by atoms with van der Waals surface area (Å²) >= 11 is 0. The van der Waals surface area contributed by atoms with Crippen LogP contribution in [0.4, 0.5) is 11.6 Å². The molecule has 10 nitrogen and oxygen atoms in total. The van der Waals surface area contributed by atoms with E-state index in [-0.39, 0.29) is 17.9 Å². The van der Waals surface area contributed by atoms with Crippen molar-refractivity contribution in [2.24, 2.45) is 0 Å². The Morgan fingerprint density at radius 1 is 1.15 bits per heavy atom. The third-order valence-corrected chi connectivity index (χ3v) is 7.24. The fourth-order valence-corrected chi connectivity index (χ4v) is 5.28. The fourth-order valence-electron chi connectivity index (χ4n) is 5.28. The lowest BCUT2D eigenvalue weighted by Gasteiger charge is -2.34. The number of hydrogen-bond donors (Lipinski definition) is 2. The molecule has 1 saturated heterocycles. The van der Waals surface area contributed by atoms with Crippen molar-refractivity contribution in [3.05, 3.63) is 84.1 Å². The molecule has 1 atom stereocenters. The molecule has 3 aromatic heterocycles. The molecule has 0 aliphatic carbocycles. The number of nitrogen functional groups attached to an aromatic ring is 1. The Morgan fingerprint density at radius 2 is 1.98 bits per heavy atom. The predicted molar refractivity (Wildman–Crippen MR) is 158 cm³/mol. The highest BCUT2D eigenvalue weighted by Gasteiger charge is 2.31. The zero-order chi connectivity index (χ0) is 28.8. The fraction of sp³-hybridized carbons (Fsp3) is 0.323. The Bertz CT molecular complexity index is 1560. The van der Waals surface area contributed by atoms with Gasteiger partial charge in [0.1, 0.15) is 28.7 Å². The number of likely N-dealkylation sites (tertiary alicyclic amines) is 1. The molecular formula is C31H35N7O3. The Labute approximate surface area is 239 Å². The van der Waals surface area contributed by atoms with E-state index in [0.29, 0.717) is 41.6 Å². The van der Waals surface area contributed by atoms with Gasteiger partial charge in [-0.2, -0.15) is 0 Å². The van der Waals surface area contributed by atoms with Crippen LogP contribution in [0.1, 0.15) is 60.4 Å². The molecular weight excluding hydrogens is 518 g/mol. The van der Waals surface area contributed by atoms with Crippen molar-refractivity contribution >= 4 is 29.0 Å². The number of nitrogens with two attached hydrogens (primary N) is 1. The van der Waals surface area contributed by atoms with Crippen LogP contribution in [0.25, 0.3) is 16.8 Å². The number of aromatic nitrogens is 4.